The van der Waals surface area contributed by atoms with E-state index in [0.717, 1.165) is 49.1 Å². The van der Waals surface area contributed by atoms with Crippen LogP contribution in [0.3, 0.4) is 0 Å². The second-order valence-electron chi connectivity index (χ2n) is 7.46. The quantitative estimate of drug-likeness (QED) is 0.522. The second-order valence-corrected chi connectivity index (χ2v) is 7.46. The van der Waals surface area contributed by atoms with Gasteiger partial charge in [-0.25, -0.2) is 14.4 Å². The molecule has 30 heavy (non-hydrogen) atoms. The summed E-state index contributed by atoms with van der Waals surface area (Å²) >= 11 is 0. The van der Waals surface area contributed by atoms with Crippen LogP contribution in [-0.4, -0.2) is 50.7 Å². The highest BCUT2D eigenvalue weighted by molar-refractivity contribution is 5.50. The number of fused-ring (bicyclic) bond motifs is 1. The van der Waals surface area contributed by atoms with Gasteiger partial charge in [0, 0.05) is 50.6 Å². The molecule has 0 N–H and O–H groups in total. The molecule has 1 fully saturated rings. The van der Waals surface area contributed by atoms with Crippen molar-refractivity contribution in [3.05, 3.63) is 77.6 Å². The van der Waals surface area contributed by atoms with Crippen molar-refractivity contribution in [2.45, 2.75) is 13.3 Å². The summed E-state index contributed by atoms with van der Waals surface area (Å²) in [5.41, 5.74) is 1.74. The maximum Gasteiger partial charge on any atom is 0.254 e. The molecule has 4 aromatic rings. The number of nitrogens with zero attached hydrogens (tertiary/aromatic N) is 7. The van der Waals surface area contributed by atoms with Crippen LogP contribution < -0.4 is 9.80 Å². The van der Waals surface area contributed by atoms with E-state index in [0.29, 0.717) is 18.0 Å². The maximum absolute atomic E-state index is 13.5. The fraction of sp³-hybridized carbons (Fsp3) is 0.273. The third-order valence-electron chi connectivity index (χ3n) is 5.29. The van der Waals surface area contributed by atoms with Gasteiger partial charge in [0.2, 0.25) is 0 Å². The Morgan fingerprint density at radius 1 is 0.933 bits per heavy atom. The lowest BCUT2D eigenvalue weighted by atomic mass is 10.1. The Balaban J connectivity index is 1.40. The molecule has 0 bridgehead atoms. The van der Waals surface area contributed by atoms with Crippen LogP contribution in [0.15, 0.2) is 54.7 Å². The normalized spacial score (nSPS) is 14.5. The minimum atomic E-state index is -0.253. The van der Waals surface area contributed by atoms with E-state index in [1.807, 2.05) is 43.5 Å². The standard InChI is InChI=1S/C22H22FN7/c1-16-13-21(29-11-9-28(10-12-29)20-7-2-3-8-24-20)30-22(25-16)26-19(27-30)15-17-5-4-6-18(23)14-17/h2-8,13-14H,9-12,15H2,1H3. The second kappa shape index (κ2) is 7.70. The molecular weight excluding hydrogens is 381 g/mol. The molecule has 8 heteroatoms. The topological polar surface area (TPSA) is 62.5 Å². The monoisotopic (exact) mass is 403 g/mol. The van der Waals surface area contributed by atoms with Crippen LogP contribution in [0.5, 0.6) is 0 Å². The Hall–Kier alpha value is -3.55. The lowest BCUT2D eigenvalue weighted by Gasteiger charge is -2.36. The zero-order valence-corrected chi connectivity index (χ0v) is 16.7. The first-order valence-corrected chi connectivity index (χ1v) is 10.0. The van der Waals surface area contributed by atoms with Crippen molar-refractivity contribution in [1.29, 1.82) is 0 Å². The molecule has 0 spiro atoms. The molecule has 3 aromatic heterocycles. The average Bonchev–Trinajstić information content (AvgIpc) is 3.16. The Morgan fingerprint density at radius 3 is 2.53 bits per heavy atom. The van der Waals surface area contributed by atoms with Crippen LogP contribution in [0.2, 0.25) is 0 Å². The number of pyridine rings is 1. The van der Waals surface area contributed by atoms with Crippen LogP contribution in [0, 0.1) is 12.7 Å². The van der Waals surface area contributed by atoms with Gasteiger partial charge in [-0.05, 0) is 36.8 Å². The summed E-state index contributed by atoms with van der Waals surface area (Å²) in [6, 6.07) is 14.6. The van der Waals surface area contributed by atoms with Crippen molar-refractivity contribution in [3.63, 3.8) is 0 Å². The Kier molecular flexibility index (Phi) is 4.74. The van der Waals surface area contributed by atoms with E-state index in [2.05, 4.69) is 29.9 Å². The molecule has 0 radical (unpaired) electrons. The highest BCUT2D eigenvalue weighted by Crippen LogP contribution is 2.21. The van der Waals surface area contributed by atoms with E-state index < -0.39 is 0 Å². The van der Waals surface area contributed by atoms with Crippen LogP contribution >= 0.6 is 0 Å². The van der Waals surface area contributed by atoms with E-state index in [1.54, 1.807) is 10.6 Å². The molecular formula is C22H22FN7. The third-order valence-corrected chi connectivity index (χ3v) is 5.29. The zero-order valence-electron chi connectivity index (χ0n) is 16.7. The summed E-state index contributed by atoms with van der Waals surface area (Å²) in [6.07, 6.45) is 2.29. The Bertz CT molecular complexity index is 1170. The third kappa shape index (κ3) is 3.68. The van der Waals surface area contributed by atoms with Crippen molar-refractivity contribution in [1.82, 2.24) is 24.6 Å². The minimum Gasteiger partial charge on any atom is -0.353 e. The largest absolute Gasteiger partial charge is 0.353 e. The molecule has 1 aromatic carbocycles. The van der Waals surface area contributed by atoms with Gasteiger partial charge in [-0.1, -0.05) is 18.2 Å². The van der Waals surface area contributed by atoms with Crippen LogP contribution in [0.1, 0.15) is 17.1 Å². The molecule has 0 atom stereocenters. The first-order valence-electron chi connectivity index (χ1n) is 10.0. The molecule has 0 amide bonds. The van der Waals surface area contributed by atoms with Crippen molar-refractivity contribution in [2.75, 3.05) is 36.0 Å². The van der Waals surface area contributed by atoms with E-state index in [4.69, 9.17) is 0 Å². The van der Waals surface area contributed by atoms with Gasteiger partial charge in [-0.15, -0.1) is 5.10 Å². The minimum absolute atomic E-state index is 0.253. The van der Waals surface area contributed by atoms with Gasteiger partial charge in [0.25, 0.3) is 5.78 Å². The van der Waals surface area contributed by atoms with Crippen molar-refractivity contribution in [2.24, 2.45) is 0 Å². The summed E-state index contributed by atoms with van der Waals surface area (Å²) in [5.74, 6) is 2.94. The van der Waals surface area contributed by atoms with Gasteiger partial charge in [0.05, 0.1) is 0 Å². The first kappa shape index (κ1) is 18.5. The van der Waals surface area contributed by atoms with E-state index in [-0.39, 0.29) is 5.82 Å². The fourth-order valence-electron chi connectivity index (χ4n) is 3.84. The van der Waals surface area contributed by atoms with Crippen LogP contribution in [-0.2, 0) is 6.42 Å². The predicted molar refractivity (Wildman–Crippen MR) is 113 cm³/mol. The molecule has 7 nitrogen and oxygen atoms in total. The van der Waals surface area contributed by atoms with Gasteiger partial charge in [-0.2, -0.15) is 9.50 Å². The van der Waals surface area contributed by atoms with Gasteiger partial charge in [0.1, 0.15) is 17.5 Å². The Morgan fingerprint density at radius 2 is 1.77 bits per heavy atom. The number of rotatable bonds is 4. The van der Waals surface area contributed by atoms with Crippen molar-refractivity contribution in [3.8, 4) is 0 Å². The van der Waals surface area contributed by atoms with Gasteiger partial charge in [-0.3, -0.25) is 0 Å². The molecule has 1 aliphatic heterocycles. The molecule has 1 saturated heterocycles. The summed E-state index contributed by atoms with van der Waals surface area (Å²) in [5, 5.41) is 4.68. The van der Waals surface area contributed by atoms with E-state index in [9.17, 15) is 4.39 Å². The molecule has 5 rings (SSSR count). The van der Waals surface area contributed by atoms with E-state index >= 15 is 0 Å². The predicted octanol–water partition coefficient (Wildman–Crippen LogP) is 2.88. The number of anilines is 2. The summed E-state index contributed by atoms with van der Waals surface area (Å²) in [4.78, 5) is 18.2. The molecule has 0 aliphatic carbocycles. The zero-order chi connectivity index (χ0) is 20.5. The molecule has 0 unspecified atom stereocenters. The molecule has 1 aliphatic rings. The highest BCUT2D eigenvalue weighted by atomic mass is 19.1. The number of hydrogen-bond donors (Lipinski definition) is 0. The summed E-state index contributed by atoms with van der Waals surface area (Å²) < 4.78 is 15.3. The van der Waals surface area contributed by atoms with Gasteiger partial charge >= 0.3 is 0 Å². The van der Waals surface area contributed by atoms with Gasteiger partial charge in [0.15, 0.2) is 5.82 Å². The van der Waals surface area contributed by atoms with Crippen molar-refractivity contribution < 1.29 is 4.39 Å². The number of aromatic nitrogens is 5. The van der Waals surface area contributed by atoms with Crippen LogP contribution in [0.25, 0.3) is 5.78 Å². The number of hydrogen-bond acceptors (Lipinski definition) is 6. The fourth-order valence-corrected chi connectivity index (χ4v) is 3.84. The van der Waals surface area contributed by atoms with Crippen LogP contribution in [0.4, 0.5) is 16.0 Å². The lowest BCUT2D eigenvalue weighted by molar-refractivity contribution is 0.625. The summed E-state index contributed by atoms with van der Waals surface area (Å²) in [7, 11) is 0. The van der Waals surface area contributed by atoms with Crippen molar-refractivity contribution >= 4 is 17.4 Å². The molecule has 4 heterocycles. The molecule has 152 valence electrons. The smallest absolute Gasteiger partial charge is 0.254 e. The highest BCUT2D eigenvalue weighted by Gasteiger charge is 2.21. The number of halogens is 1. The maximum atomic E-state index is 13.5. The number of piperazine rings is 1. The number of benzene rings is 1. The summed E-state index contributed by atoms with van der Waals surface area (Å²) in [6.45, 7) is 5.44. The average molecular weight is 403 g/mol. The molecule has 0 saturated carbocycles. The SMILES string of the molecule is Cc1cc(N2CCN(c3ccccn3)CC2)n2nc(Cc3cccc(F)c3)nc2n1. The van der Waals surface area contributed by atoms with E-state index in [1.165, 1.54) is 12.1 Å². The van der Waals surface area contributed by atoms with Gasteiger partial charge < -0.3 is 9.80 Å². The lowest BCUT2D eigenvalue weighted by Crippen LogP contribution is -2.47. The first-order chi connectivity index (χ1) is 14.7. The Labute approximate surface area is 173 Å². The number of aryl methyl sites for hydroxylation is 1.